The number of thiocarbonyl (C=S) groups is 1. The maximum Gasteiger partial charge on any atom is 0.358 e. The molecule has 1 aromatic rings. The second-order valence-corrected chi connectivity index (χ2v) is 13.4. The Kier molecular flexibility index (Phi) is 10.6. The van der Waals surface area contributed by atoms with E-state index in [4.69, 9.17) is 21.7 Å². The van der Waals surface area contributed by atoms with Crippen molar-refractivity contribution in [3.05, 3.63) is 70.5 Å². The van der Waals surface area contributed by atoms with Gasteiger partial charge < -0.3 is 29.7 Å². The second kappa shape index (κ2) is 13.9. The van der Waals surface area contributed by atoms with Crippen molar-refractivity contribution in [2.24, 2.45) is 17.3 Å². The van der Waals surface area contributed by atoms with E-state index in [0.29, 0.717) is 16.9 Å². The Morgan fingerprint density at radius 2 is 2.02 bits per heavy atom. The van der Waals surface area contributed by atoms with Crippen LogP contribution in [0.4, 0.5) is 0 Å². The highest BCUT2D eigenvalue weighted by Gasteiger charge is 2.67. The third-order valence-electron chi connectivity index (χ3n) is 9.87. The van der Waals surface area contributed by atoms with Crippen molar-refractivity contribution in [1.29, 1.82) is 0 Å². The summed E-state index contributed by atoms with van der Waals surface area (Å²) in [5, 5.41) is 31.4. The molecule has 1 aromatic carbocycles. The van der Waals surface area contributed by atoms with Crippen LogP contribution in [0.2, 0.25) is 0 Å². The third-order valence-corrected chi connectivity index (χ3v) is 10.1. The van der Waals surface area contributed by atoms with Crippen LogP contribution in [0.5, 0.6) is 11.5 Å². The van der Waals surface area contributed by atoms with Crippen LogP contribution in [-0.4, -0.2) is 56.1 Å². The Morgan fingerprint density at radius 3 is 2.64 bits per heavy atom. The normalized spacial score (nSPS) is 26.8. The van der Waals surface area contributed by atoms with E-state index in [1.54, 1.807) is 26.0 Å². The van der Waals surface area contributed by atoms with Gasteiger partial charge in [-0.05, 0) is 88.6 Å². The lowest BCUT2D eigenvalue weighted by Crippen LogP contribution is -2.70. The predicted octanol–water partition coefficient (Wildman–Crippen LogP) is 6.96. The number of carbonyl (C=O) groups excluding carboxylic acids is 1. The number of carboxylic acid groups (broad SMARTS) is 1. The molecule has 3 aliphatic rings. The van der Waals surface area contributed by atoms with Crippen LogP contribution in [-0.2, 0) is 20.7 Å². The number of aryl methyl sites for hydroxylation is 1. The van der Waals surface area contributed by atoms with Gasteiger partial charge in [-0.3, -0.25) is 4.79 Å². The summed E-state index contributed by atoms with van der Waals surface area (Å²) in [4.78, 5) is 26.3. The van der Waals surface area contributed by atoms with Gasteiger partial charge in [-0.25, -0.2) is 4.79 Å². The summed E-state index contributed by atoms with van der Waals surface area (Å²) in [6, 6.07) is 3.32. The van der Waals surface area contributed by atoms with Crippen LogP contribution in [0.15, 0.2) is 59.4 Å². The number of fused-ring (bicyclic) bond motifs is 1. The maximum absolute atomic E-state index is 12.9. The van der Waals surface area contributed by atoms with Gasteiger partial charge in [0.1, 0.15) is 23.8 Å². The molecule has 45 heavy (non-hydrogen) atoms. The number of aliphatic hydroxyl groups is 1. The number of aromatic hydroxyl groups is 1. The van der Waals surface area contributed by atoms with Gasteiger partial charge in [0, 0.05) is 29.6 Å². The molecule has 244 valence electrons. The monoisotopic (exact) mass is 637 g/mol. The summed E-state index contributed by atoms with van der Waals surface area (Å²) in [6.07, 6.45) is 10.4. The Labute approximate surface area is 272 Å². The number of carboxylic acids is 1. The zero-order valence-electron chi connectivity index (χ0n) is 27.3. The number of hydrogen-bond donors (Lipinski definition) is 3. The van der Waals surface area contributed by atoms with E-state index in [1.807, 2.05) is 26.0 Å². The van der Waals surface area contributed by atoms with Gasteiger partial charge in [0.15, 0.2) is 0 Å². The molecule has 1 aliphatic carbocycles. The molecule has 4 rings (SSSR count). The average molecular weight is 638 g/mol. The molecule has 0 bridgehead atoms. The Bertz CT molecular complexity index is 1460. The van der Waals surface area contributed by atoms with E-state index in [0.717, 1.165) is 49.7 Å². The zero-order chi connectivity index (χ0) is 33.2. The molecule has 0 unspecified atom stereocenters. The molecule has 6 atom stereocenters. The molecule has 0 saturated carbocycles. The quantitative estimate of drug-likeness (QED) is 0.0975. The van der Waals surface area contributed by atoms with Crippen molar-refractivity contribution in [2.45, 2.75) is 98.1 Å². The molecule has 0 radical (unpaired) electrons. The molecule has 1 fully saturated rings. The number of carbonyl (C=O) groups is 2. The molecule has 0 aromatic heterocycles. The first-order chi connectivity index (χ1) is 21.2. The molecule has 2 heterocycles. The van der Waals surface area contributed by atoms with E-state index >= 15 is 0 Å². The first-order valence-electron chi connectivity index (χ1n) is 15.9. The number of aliphatic hydroxyl groups excluding tert-OH is 1. The molecular weight excluding hydrogens is 590 g/mol. The number of aliphatic carboxylic acids is 1. The first kappa shape index (κ1) is 34.4. The number of β-lactam (4-membered cyclic amide) rings is 1. The van der Waals surface area contributed by atoms with Crippen molar-refractivity contribution in [3.8, 4) is 11.5 Å². The fraction of sp³-hybridized carbons (Fsp3) is 0.528. The van der Waals surface area contributed by atoms with Crippen LogP contribution in [0.1, 0.15) is 90.7 Å². The summed E-state index contributed by atoms with van der Waals surface area (Å²) < 4.78 is 11.9. The van der Waals surface area contributed by atoms with E-state index in [1.165, 1.54) is 10.5 Å². The van der Waals surface area contributed by atoms with Crippen molar-refractivity contribution in [2.75, 3.05) is 6.61 Å². The highest BCUT2D eigenvalue weighted by Crippen LogP contribution is 2.54. The molecule has 0 spiro atoms. The minimum Gasteiger partial charge on any atom is -0.507 e. The predicted molar refractivity (Wildman–Crippen MR) is 178 cm³/mol. The maximum atomic E-state index is 12.9. The molecule has 1 amide bonds. The molecule has 1 saturated heterocycles. The highest BCUT2D eigenvalue weighted by atomic mass is 32.1. The second-order valence-electron chi connectivity index (χ2n) is 13.1. The van der Waals surface area contributed by atoms with Crippen LogP contribution < -0.4 is 4.74 Å². The van der Waals surface area contributed by atoms with Crippen molar-refractivity contribution in [1.82, 2.24) is 4.90 Å². The largest absolute Gasteiger partial charge is 0.507 e. The molecule has 3 N–H and O–H groups in total. The number of phenols is 1. The Balaban J connectivity index is 1.54. The van der Waals surface area contributed by atoms with Crippen LogP contribution in [0, 0.1) is 17.3 Å². The number of hydrogen-bond acceptors (Lipinski definition) is 7. The number of unbranched alkanes of at least 4 members (excludes halogenated alkanes) is 2. The summed E-state index contributed by atoms with van der Waals surface area (Å²) in [6.45, 7) is 15.6. The lowest BCUT2D eigenvalue weighted by molar-refractivity contribution is -0.181. The number of ether oxygens (including phenoxy) is 2. The number of nitrogens with zero attached hydrogens (tertiary/aromatic N) is 1. The van der Waals surface area contributed by atoms with Crippen molar-refractivity contribution < 1.29 is 34.4 Å². The topological polar surface area (TPSA) is 117 Å². The van der Waals surface area contributed by atoms with Crippen LogP contribution in [0.3, 0.4) is 0 Å². The zero-order valence-corrected chi connectivity index (χ0v) is 28.1. The molecule has 8 nitrogen and oxygen atoms in total. The van der Waals surface area contributed by atoms with E-state index in [2.05, 4.69) is 26.5 Å². The van der Waals surface area contributed by atoms with Gasteiger partial charge >= 0.3 is 11.2 Å². The van der Waals surface area contributed by atoms with Crippen molar-refractivity contribution >= 4 is 29.3 Å². The van der Waals surface area contributed by atoms with Gasteiger partial charge in [0.25, 0.3) is 0 Å². The summed E-state index contributed by atoms with van der Waals surface area (Å²) in [7, 11) is 0. The van der Waals surface area contributed by atoms with E-state index in [9.17, 15) is 24.9 Å². The number of rotatable bonds is 12. The SMILES string of the molecule is C=C(C)[C@@H]1CCC(C)=C[C@H]1c1c(O)cc(CCCCC)cc1OC(=S)OC/C=C/C1=C(C(=O)O)N2C(=O)[C@](C)([C@@H](C)O)[C@H]2[C@H]1C. The van der Waals surface area contributed by atoms with Gasteiger partial charge in [-0.2, -0.15) is 0 Å². The Morgan fingerprint density at radius 1 is 1.31 bits per heavy atom. The summed E-state index contributed by atoms with van der Waals surface area (Å²) >= 11 is 5.47. The van der Waals surface area contributed by atoms with E-state index < -0.39 is 29.4 Å². The van der Waals surface area contributed by atoms with Gasteiger partial charge in [-0.15, -0.1) is 0 Å². The fourth-order valence-electron chi connectivity index (χ4n) is 7.23. The van der Waals surface area contributed by atoms with Crippen LogP contribution >= 0.6 is 12.2 Å². The summed E-state index contributed by atoms with van der Waals surface area (Å²) in [5.41, 5.74) is 3.26. The molecule has 9 heteroatoms. The summed E-state index contributed by atoms with van der Waals surface area (Å²) in [5.74, 6) is -1.26. The van der Waals surface area contributed by atoms with E-state index in [-0.39, 0.29) is 41.0 Å². The molecular formula is C36H47NO7S. The molecule has 2 aliphatic heterocycles. The number of allylic oxidation sites excluding steroid dienone is 4. The number of amides is 1. The first-order valence-corrected chi connectivity index (χ1v) is 16.3. The van der Waals surface area contributed by atoms with Gasteiger partial charge in [-0.1, -0.05) is 56.6 Å². The lowest BCUT2D eigenvalue weighted by Gasteiger charge is -2.54. The Hall–Kier alpha value is -3.43. The van der Waals surface area contributed by atoms with Crippen molar-refractivity contribution in [3.63, 3.8) is 0 Å². The fourth-order valence-corrected chi connectivity index (χ4v) is 7.39. The standard InChI is InChI=1S/C36H47NO7S/c1-8-9-10-12-24-18-28(39)30(27-17-21(4)14-15-25(27)20(2)3)29(19-24)44-35(45)43-16-11-13-26-22(5)32-36(7,23(6)38)34(42)37(32)31(26)33(40)41/h11,13,17-19,22-23,25,27,32,38-39H,2,8-10,12,14-16H2,1,3-7H3,(H,40,41)/b13-11+/t22-,23+,25-,27+,32+,36+/m0/s1. The van der Waals surface area contributed by atoms with Crippen LogP contribution in [0.25, 0.3) is 0 Å². The van der Waals surface area contributed by atoms with Gasteiger partial charge in [0.2, 0.25) is 5.91 Å². The average Bonchev–Trinajstić information content (AvgIpc) is 3.24. The number of benzene rings is 1. The minimum absolute atomic E-state index is 0.00255. The smallest absolute Gasteiger partial charge is 0.358 e. The number of phenolic OH excluding ortho intramolecular Hbond substituents is 1. The van der Waals surface area contributed by atoms with Gasteiger partial charge in [0.05, 0.1) is 17.6 Å². The third kappa shape index (κ3) is 6.61. The minimum atomic E-state index is -1.20. The highest BCUT2D eigenvalue weighted by molar-refractivity contribution is 7.79. The lowest BCUT2D eigenvalue weighted by atomic mass is 9.65.